The molecule has 2 heterocycles. The number of imidazole rings is 1. The van der Waals surface area contributed by atoms with Gasteiger partial charge >= 0.3 is 0 Å². The third-order valence-electron chi connectivity index (χ3n) is 2.65. The summed E-state index contributed by atoms with van der Waals surface area (Å²) in [6.45, 7) is 0. The highest BCUT2D eigenvalue weighted by Gasteiger charge is 2.14. The second-order valence-electron chi connectivity index (χ2n) is 3.81. The zero-order chi connectivity index (χ0) is 12.7. The van der Waals surface area contributed by atoms with Crippen molar-refractivity contribution < 1.29 is 4.39 Å². The topological polar surface area (TPSA) is 17.3 Å². The van der Waals surface area contributed by atoms with Gasteiger partial charge in [-0.05, 0) is 34.1 Å². The van der Waals surface area contributed by atoms with Gasteiger partial charge in [0.1, 0.15) is 21.8 Å². The first-order chi connectivity index (χ1) is 8.66. The molecule has 0 saturated carbocycles. The van der Waals surface area contributed by atoms with Crippen LogP contribution in [0.3, 0.4) is 0 Å². The Bertz CT molecular complexity index is 737. The maximum atomic E-state index is 13.2. The SMILES string of the molecule is Fc1ccc2nc(-c3ccccc3Br)c(Br)n2c1. The van der Waals surface area contributed by atoms with Crippen LogP contribution in [-0.2, 0) is 0 Å². The molecule has 90 valence electrons. The lowest BCUT2D eigenvalue weighted by Crippen LogP contribution is -1.86. The highest BCUT2D eigenvalue weighted by Crippen LogP contribution is 2.33. The van der Waals surface area contributed by atoms with Crippen LogP contribution in [-0.4, -0.2) is 9.38 Å². The van der Waals surface area contributed by atoms with Crippen molar-refractivity contribution in [2.75, 3.05) is 0 Å². The highest BCUT2D eigenvalue weighted by atomic mass is 79.9. The summed E-state index contributed by atoms with van der Waals surface area (Å²) >= 11 is 6.96. The summed E-state index contributed by atoms with van der Waals surface area (Å²) in [7, 11) is 0. The summed E-state index contributed by atoms with van der Waals surface area (Å²) < 4.78 is 16.6. The standard InChI is InChI=1S/C13H7Br2FN2/c14-10-4-2-1-3-9(10)12-13(15)18-7-8(16)5-6-11(18)17-12/h1-7H. The Labute approximate surface area is 120 Å². The monoisotopic (exact) mass is 368 g/mol. The van der Waals surface area contributed by atoms with Gasteiger partial charge in [-0.1, -0.05) is 34.1 Å². The van der Waals surface area contributed by atoms with Crippen molar-refractivity contribution in [1.82, 2.24) is 9.38 Å². The zero-order valence-corrected chi connectivity index (χ0v) is 12.2. The van der Waals surface area contributed by atoms with Gasteiger partial charge in [-0.25, -0.2) is 9.37 Å². The number of nitrogens with zero attached hydrogens (tertiary/aromatic N) is 2. The molecule has 0 bridgehead atoms. The van der Waals surface area contributed by atoms with Crippen LogP contribution in [0.2, 0.25) is 0 Å². The molecular formula is C13H7Br2FN2. The van der Waals surface area contributed by atoms with Gasteiger partial charge in [0, 0.05) is 16.2 Å². The van der Waals surface area contributed by atoms with E-state index in [4.69, 9.17) is 0 Å². The average Bonchev–Trinajstić information content (AvgIpc) is 2.68. The van der Waals surface area contributed by atoms with E-state index in [2.05, 4.69) is 36.8 Å². The van der Waals surface area contributed by atoms with Crippen molar-refractivity contribution in [2.24, 2.45) is 0 Å². The van der Waals surface area contributed by atoms with Crippen molar-refractivity contribution in [3.8, 4) is 11.3 Å². The van der Waals surface area contributed by atoms with Gasteiger partial charge in [-0.2, -0.15) is 0 Å². The molecule has 0 aliphatic carbocycles. The van der Waals surface area contributed by atoms with Crippen molar-refractivity contribution in [3.05, 3.63) is 57.5 Å². The Hall–Kier alpha value is -1.20. The molecule has 1 aromatic carbocycles. The zero-order valence-electron chi connectivity index (χ0n) is 9.07. The summed E-state index contributed by atoms with van der Waals surface area (Å²) in [5.74, 6) is -0.292. The van der Waals surface area contributed by atoms with E-state index in [0.29, 0.717) is 5.65 Å². The lowest BCUT2D eigenvalue weighted by atomic mass is 10.2. The van der Waals surface area contributed by atoms with Gasteiger partial charge in [0.25, 0.3) is 0 Å². The molecule has 0 N–H and O–H groups in total. The first kappa shape index (κ1) is 11.9. The molecule has 3 rings (SSSR count). The fourth-order valence-corrected chi connectivity index (χ4v) is 2.87. The lowest BCUT2D eigenvalue weighted by molar-refractivity contribution is 0.619. The number of benzene rings is 1. The first-order valence-electron chi connectivity index (χ1n) is 5.25. The number of aromatic nitrogens is 2. The molecule has 2 aromatic heterocycles. The van der Waals surface area contributed by atoms with Crippen LogP contribution < -0.4 is 0 Å². The summed E-state index contributed by atoms with van der Waals surface area (Å²) in [5.41, 5.74) is 2.45. The number of hydrogen-bond donors (Lipinski definition) is 0. The Morgan fingerprint density at radius 2 is 1.83 bits per heavy atom. The number of hydrogen-bond acceptors (Lipinski definition) is 1. The molecule has 5 heteroatoms. The number of fused-ring (bicyclic) bond motifs is 1. The fraction of sp³-hybridized carbons (Fsp3) is 0. The van der Waals surface area contributed by atoms with Crippen LogP contribution in [0.15, 0.2) is 51.7 Å². The Kier molecular flexibility index (Phi) is 2.95. The number of halogens is 3. The highest BCUT2D eigenvalue weighted by molar-refractivity contribution is 9.11. The van der Waals surface area contributed by atoms with Crippen LogP contribution >= 0.6 is 31.9 Å². The van der Waals surface area contributed by atoms with E-state index in [9.17, 15) is 4.39 Å². The first-order valence-corrected chi connectivity index (χ1v) is 6.83. The van der Waals surface area contributed by atoms with Crippen molar-refractivity contribution in [2.45, 2.75) is 0 Å². The predicted octanol–water partition coefficient (Wildman–Crippen LogP) is 4.67. The van der Waals surface area contributed by atoms with Gasteiger partial charge in [0.15, 0.2) is 0 Å². The van der Waals surface area contributed by atoms with Gasteiger partial charge in [-0.3, -0.25) is 4.40 Å². The van der Waals surface area contributed by atoms with E-state index in [-0.39, 0.29) is 5.82 Å². The molecule has 18 heavy (non-hydrogen) atoms. The maximum Gasteiger partial charge on any atom is 0.139 e. The van der Waals surface area contributed by atoms with Crippen LogP contribution in [0.1, 0.15) is 0 Å². The molecule has 0 aliphatic heterocycles. The fourth-order valence-electron chi connectivity index (χ4n) is 1.81. The van der Waals surface area contributed by atoms with Gasteiger partial charge in [0.2, 0.25) is 0 Å². The molecule has 0 unspecified atom stereocenters. The summed E-state index contributed by atoms with van der Waals surface area (Å²) in [4.78, 5) is 4.50. The Balaban J connectivity index is 2.31. The van der Waals surface area contributed by atoms with Gasteiger partial charge < -0.3 is 0 Å². The Morgan fingerprint density at radius 1 is 1.06 bits per heavy atom. The molecule has 2 nitrogen and oxygen atoms in total. The molecule has 0 saturated heterocycles. The number of pyridine rings is 1. The minimum Gasteiger partial charge on any atom is -0.291 e. The minimum absolute atomic E-state index is 0.292. The molecule has 0 spiro atoms. The molecule has 0 amide bonds. The third kappa shape index (κ3) is 1.87. The summed E-state index contributed by atoms with van der Waals surface area (Å²) in [6, 6.07) is 10.9. The van der Waals surface area contributed by atoms with E-state index in [1.807, 2.05) is 24.3 Å². The smallest absolute Gasteiger partial charge is 0.139 e. The van der Waals surface area contributed by atoms with Crippen molar-refractivity contribution >= 4 is 37.5 Å². The van der Waals surface area contributed by atoms with Crippen molar-refractivity contribution in [3.63, 3.8) is 0 Å². The normalized spacial score (nSPS) is 11.1. The van der Waals surface area contributed by atoms with E-state index in [1.54, 1.807) is 10.5 Å². The van der Waals surface area contributed by atoms with Crippen molar-refractivity contribution in [1.29, 1.82) is 0 Å². The van der Waals surface area contributed by atoms with E-state index in [1.165, 1.54) is 12.3 Å². The van der Waals surface area contributed by atoms with Gasteiger partial charge in [-0.15, -0.1) is 0 Å². The van der Waals surface area contributed by atoms with E-state index < -0.39 is 0 Å². The minimum atomic E-state index is -0.292. The second-order valence-corrected chi connectivity index (χ2v) is 5.41. The predicted molar refractivity (Wildman–Crippen MR) is 76.0 cm³/mol. The second kappa shape index (κ2) is 4.48. The Morgan fingerprint density at radius 3 is 2.61 bits per heavy atom. The molecule has 0 radical (unpaired) electrons. The molecule has 0 atom stereocenters. The van der Waals surface area contributed by atoms with E-state index >= 15 is 0 Å². The molecule has 0 fully saturated rings. The average molecular weight is 370 g/mol. The summed E-state index contributed by atoms with van der Waals surface area (Å²) in [6.07, 6.45) is 1.41. The van der Waals surface area contributed by atoms with Gasteiger partial charge in [0.05, 0.1) is 0 Å². The molecule has 3 aromatic rings. The quantitative estimate of drug-likeness (QED) is 0.609. The number of rotatable bonds is 1. The van der Waals surface area contributed by atoms with Crippen LogP contribution in [0, 0.1) is 5.82 Å². The third-order valence-corrected chi connectivity index (χ3v) is 4.10. The molecule has 0 aliphatic rings. The lowest BCUT2D eigenvalue weighted by Gasteiger charge is -2.00. The summed E-state index contributed by atoms with van der Waals surface area (Å²) in [5, 5.41) is 0. The van der Waals surface area contributed by atoms with Crippen LogP contribution in [0.4, 0.5) is 4.39 Å². The van der Waals surface area contributed by atoms with Crippen LogP contribution in [0.5, 0.6) is 0 Å². The van der Waals surface area contributed by atoms with E-state index in [0.717, 1.165) is 20.3 Å². The van der Waals surface area contributed by atoms with Crippen LogP contribution in [0.25, 0.3) is 16.9 Å². The maximum absolute atomic E-state index is 13.2. The largest absolute Gasteiger partial charge is 0.291 e. The molecular weight excluding hydrogens is 363 g/mol.